The predicted octanol–water partition coefficient (Wildman–Crippen LogP) is 6.44. The van der Waals surface area contributed by atoms with E-state index in [1.54, 1.807) is 5.57 Å². The Kier molecular flexibility index (Phi) is 3.94. The number of rotatable bonds is 2. The van der Waals surface area contributed by atoms with E-state index in [4.69, 9.17) is 4.43 Å². The van der Waals surface area contributed by atoms with Crippen LogP contribution in [0.25, 0.3) is 0 Å². The number of hydrogen-bond donors (Lipinski definition) is 0. The monoisotopic (exact) mass is 398 g/mol. The lowest BCUT2D eigenvalue weighted by Crippen LogP contribution is -2.56. The van der Waals surface area contributed by atoms with Gasteiger partial charge in [0, 0.05) is 11.8 Å². The Bertz CT molecular complexity index is 785. The van der Waals surface area contributed by atoms with Gasteiger partial charge in [-0.15, -0.1) is 0 Å². The summed E-state index contributed by atoms with van der Waals surface area (Å²) in [5.41, 5.74) is 3.85. The van der Waals surface area contributed by atoms with Gasteiger partial charge in [0.05, 0.1) is 6.10 Å². The molecule has 3 heteroatoms. The van der Waals surface area contributed by atoms with Crippen LogP contribution in [0.1, 0.15) is 72.6 Å². The zero-order valence-corrected chi connectivity index (χ0v) is 19.7. The van der Waals surface area contributed by atoms with Gasteiger partial charge in [-0.05, 0) is 85.9 Å². The smallest absolute Gasteiger partial charge is 0.192 e. The fourth-order valence-corrected chi connectivity index (χ4v) is 8.83. The fraction of sp³-hybridized carbons (Fsp3) is 0.800. The summed E-state index contributed by atoms with van der Waals surface area (Å²) in [6, 6.07) is 0. The molecule has 154 valence electrons. The van der Waals surface area contributed by atoms with Gasteiger partial charge in [0.25, 0.3) is 0 Å². The second-order valence-electron chi connectivity index (χ2n) is 12.3. The number of hydrogen-bond acceptors (Lipinski definition) is 2. The standard InChI is InChI=1S/C25H38O2Si/c1-23(2,3)28(5,6)27-22-8-7-19-18-13-16-15-25(12-9-17(26)14-21(16)25)20(18)10-11-24(19,22)4/h10,14,16,18-19,22H,7-9,11-13,15H2,1-6H3/t16?,18-,19-,22?,24-,25-/m0/s1. The second kappa shape index (κ2) is 5.72. The predicted molar refractivity (Wildman–Crippen MR) is 117 cm³/mol. The zero-order valence-electron chi connectivity index (χ0n) is 18.7. The highest BCUT2D eigenvalue weighted by atomic mass is 28.4. The average molecular weight is 399 g/mol. The molecular weight excluding hydrogens is 360 g/mol. The van der Waals surface area contributed by atoms with Crippen LogP contribution in [0.5, 0.6) is 0 Å². The van der Waals surface area contributed by atoms with E-state index < -0.39 is 8.32 Å². The maximum Gasteiger partial charge on any atom is 0.192 e. The molecule has 4 fully saturated rings. The van der Waals surface area contributed by atoms with Gasteiger partial charge >= 0.3 is 0 Å². The van der Waals surface area contributed by atoms with Gasteiger partial charge in [0.15, 0.2) is 14.1 Å². The van der Waals surface area contributed by atoms with E-state index in [0.717, 1.165) is 24.7 Å². The molecule has 0 aromatic rings. The molecule has 1 spiro atoms. The topological polar surface area (TPSA) is 26.3 Å². The molecule has 4 saturated carbocycles. The van der Waals surface area contributed by atoms with Crippen LogP contribution in [0.2, 0.25) is 18.1 Å². The number of ketones is 1. The van der Waals surface area contributed by atoms with E-state index >= 15 is 0 Å². The molecule has 28 heavy (non-hydrogen) atoms. The van der Waals surface area contributed by atoms with E-state index in [1.807, 2.05) is 6.08 Å². The molecule has 0 amide bonds. The van der Waals surface area contributed by atoms with Gasteiger partial charge in [-0.25, -0.2) is 0 Å². The number of allylic oxidation sites excluding steroid dienone is 4. The summed E-state index contributed by atoms with van der Waals surface area (Å²) in [6.07, 6.45) is 13.3. The Morgan fingerprint density at radius 1 is 1.18 bits per heavy atom. The Balaban J connectivity index is 1.45. The van der Waals surface area contributed by atoms with Crippen LogP contribution >= 0.6 is 0 Å². The molecule has 0 heterocycles. The Morgan fingerprint density at radius 3 is 2.64 bits per heavy atom. The van der Waals surface area contributed by atoms with E-state index in [9.17, 15) is 4.79 Å². The lowest BCUT2D eigenvalue weighted by molar-refractivity contribution is -0.117. The van der Waals surface area contributed by atoms with Crippen molar-refractivity contribution in [1.29, 1.82) is 0 Å². The van der Waals surface area contributed by atoms with Crippen LogP contribution in [-0.2, 0) is 9.22 Å². The van der Waals surface area contributed by atoms with E-state index in [2.05, 4.69) is 46.9 Å². The third-order valence-electron chi connectivity index (χ3n) is 10.0. The summed E-state index contributed by atoms with van der Waals surface area (Å²) in [5.74, 6) is 2.59. The van der Waals surface area contributed by atoms with E-state index in [0.29, 0.717) is 28.6 Å². The summed E-state index contributed by atoms with van der Waals surface area (Å²) in [6.45, 7) is 14.4. The summed E-state index contributed by atoms with van der Waals surface area (Å²) >= 11 is 0. The summed E-state index contributed by atoms with van der Waals surface area (Å²) in [4.78, 5) is 12.0. The molecule has 6 atom stereocenters. The highest BCUT2D eigenvalue weighted by Gasteiger charge is 2.64. The first-order chi connectivity index (χ1) is 13.0. The Hall–Kier alpha value is -0.673. The molecule has 0 aliphatic heterocycles. The van der Waals surface area contributed by atoms with Crippen molar-refractivity contribution >= 4 is 14.1 Å². The molecule has 0 N–H and O–H groups in total. The first-order valence-electron chi connectivity index (χ1n) is 11.6. The van der Waals surface area contributed by atoms with Crippen molar-refractivity contribution in [1.82, 2.24) is 0 Å². The third-order valence-corrected chi connectivity index (χ3v) is 14.5. The molecular formula is C25H38O2Si. The minimum Gasteiger partial charge on any atom is -0.413 e. The molecule has 2 bridgehead atoms. The minimum atomic E-state index is -1.75. The molecule has 0 aromatic carbocycles. The van der Waals surface area contributed by atoms with Gasteiger partial charge in [-0.2, -0.15) is 0 Å². The number of carbonyl (C=O) groups is 1. The van der Waals surface area contributed by atoms with Crippen LogP contribution in [0.3, 0.4) is 0 Å². The van der Waals surface area contributed by atoms with E-state index in [1.165, 1.54) is 37.7 Å². The van der Waals surface area contributed by atoms with Gasteiger partial charge in [-0.3, -0.25) is 4.79 Å². The van der Waals surface area contributed by atoms with Crippen molar-refractivity contribution in [3.05, 3.63) is 23.3 Å². The number of carbonyl (C=O) groups excluding carboxylic acids is 1. The molecule has 6 rings (SSSR count). The van der Waals surface area contributed by atoms with Crippen LogP contribution in [-0.4, -0.2) is 20.2 Å². The normalized spacial score (nSPS) is 44.7. The van der Waals surface area contributed by atoms with Crippen molar-refractivity contribution in [3.8, 4) is 0 Å². The molecule has 2 unspecified atom stereocenters. The summed E-state index contributed by atoms with van der Waals surface area (Å²) < 4.78 is 7.03. The van der Waals surface area contributed by atoms with Crippen LogP contribution in [0.4, 0.5) is 0 Å². The summed E-state index contributed by atoms with van der Waals surface area (Å²) in [5, 5.41) is 0.275. The van der Waals surface area contributed by atoms with Crippen molar-refractivity contribution in [3.63, 3.8) is 0 Å². The van der Waals surface area contributed by atoms with Crippen molar-refractivity contribution in [2.75, 3.05) is 0 Å². The fourth-order valence-electron chi connectivity index (χ4n) is 7.38. The highest BCUT2D eigenvalue weighted by Crippen LogP contribution is 2.72. The maximum absolute atomic E-state index is 12.0. The van der Waals surface area contributed by atoms with E-state index in [-0.39, 0.29) is 5.04 Å². The molecule has 0 saturated heterocycles. The first kappa shape index (κ1) is 19.3. The van der Waals surface area contributed by atoms with Crippen LogP contribution in [0, 0.1) is 28.6 Å². The molecule has 0 radical (unpaired) electrons. The van der Waals surface area contributed by atoms with Crippen molar-refractivity contribution < 1.29 is 9.22 Å². The molecule has 0 aromatic heterocycles. The van der Waals surface area contributed by atoms with Crippen molar-refractivity contribution in [2.24, 2.45) is 28.6 Å². The number of fused-ring (bicyclic) bond motifs is 1. The first-order valence-corrected chi connectivity index (χ1v) is 14.5. The lowest BCUT2D eigenvalue weighted by atomic mass is 9.40. The zero-order chi connectivity index (χ0) is 20.1. The van der Waals surface area contributed by atoms with Crippen LogP contribution < -0.4 is 0 Å². The molecule has 2 nitrogen and oxygen atoms in total. The van der Waals surface area contributed by atoms with Crippen molar-refractivity contribution in [2.45, 2.75) is 96.9 Å². The van der Waals surface area contributed by atoms with Gasteiger partial charge in [0.1, 0.15) is 0 Å². The minimum absolute atomic E-state index is 0.275. The molecule has 6 aliphatic rings. The quantitative estimate of drug-likeness (QED) is 0.395. The van der Waals surface area contributed by atoms with Crippen LogP contribution in [0.15, 0.2) is 23.3 Å². The average Bonchev–Trinajstić information content (AvgIpc) is 2.92. The summed E-state index contributed by atoms with van der Waals surface area (Å²) in [7, 11) is -1.75. The Morgan fingerprint density at radius 2 is 1.93 bits per heavy atom. The van der Waals surface area contributed by atoms with Gasteiger partial charge < -0.3 is 4.43 Å². The van der Waals surface area contributed by atoms with Gasteiger partial charge in [0.2, 0.25) is 0 Å². The third kappa shape index (κ3) is 2.38. The molecule has 6 aliphatic carbocycles. The second-order valence-corrected chi connectivity index (χ2v) is 17.1. The Labute approximate surface area is 172 Å². The van der Waals surface area contributed by atoms with Gasteiger partial charge in [-0.1, -0.05) is 44.9 Å². The SMILES string of the molecule is CC(C)(C)[Si](C)(C)OC1CC[C@H]2[C@@H]3CC4C[C@@]5(CCC(=O)C=C45)C3=CC[C@]12C. The highest BCUT2D eigenvalue weighted by molar-refractivity contribution is 6.74. The largest absolute Gasteiger partial charge is 0.413 e. The lowest BCUT2D eigenvalue weighted by Gasteiger charge is -2.64. The maximum atomic E-state index is 12.0.